The van der Waals surface area contributed by atoms with Crippen LogP contribution in [0, 0.1) is 0 Å². The molecule has 0 bridgehead atoms. The van der Waals surface area contributed by atoms with E-state index in [9.17, 15) is 9.59 Å². The summed E-state index contributed by atoms with van der Waals surface area (Å²) in [5.74, 6) is -3.25. The average molecular weight is 249 g/mol. The fourth-order valence-corrected chi connectivity index (χ4v) is 1.16. The summed E-state index contributed by atoms with van der Waals surface area (Å²) >= 11 is 0. The Morgan fingerprint density at radius 1 is 1.11 bits per heavy atom. The van der Waals surface area contributed by atoms with Crippen molar-refractivity contribution in [2.24, 2.45) is 27.2 Å². The van der Waals surface area contributed by atoms with E-state index in [1.807, 2.05) is 0 Å². The van der Waals surface area contributed by atoms with Crippen LogP contribution in [0.25, 0.3) is 0 Å². The highest BCUT2D eigenvalue weighted by molar-refractivity contribution is 6.41. The molecule has 0 fully saturated rings. The monoisotopic (exact) mass is 249 g/mol. The second-order valence-electron chi connectivity index (χ2n) is 3.16. The molecule has 0 saturated heterocycles. The van der Waals surface area contributed by atoms with Gasteiger partial charge in [-0.05, 0) is 12.1 Å². The minimum atomic E-state index is -1.59. The predicted molar refractivity (Wildman–Crippen MR) is 65.5 cm³/mol. The van der Waals surface area contributed by atoms with E-state index < -0.39 is 11.8 Å². The Balaban J connectivity index is 3.22. The largest absolute Gasteiger partial charge is 0.475 e. The molecule has 0 atom stereocenters. The third kappa shape index (κ3) is 3.30. The van der Waals surface area contributed by atoms with E-state index in [0.29, 0.717) is 0 Å². The standard InChI is InChI=1S/C10H11N5O3/c11-9(12)15-10(13)14-6-4-2-1-3-5(6)7(16)8(17)18/h1-4H,(H,17,18)(H6,11,12,13,14,15). The molecule has 0 aliphatic rings. The zero-order valence-corrected chi connectivity index (χ0v) is 9.20. The highest BCUT2D eigenvalue weighted by Crippen LogP contribution is 2.19. The number of rotatable bonds is 3. The number of benzene rings is 1. The van der Waals surface area contributed by atoms with Crippen LogP contribution >= 0.6 is 0 Å². The fraction of sp³-hybridized carbons (Fsp3) is 0. The Labute approximate surface area is 102 Å². The summed E-state index contributed by atoms with van der Waals surface area (Å²) in [5, 5.41) is 8.64. The Morgan fingerprint density at radius 3 is 2.28 bits per heavy atom. The van der Waals surface area contributed by atoms with Crippen LogP contribution in [0.5, 0.6) is 0 Å². The predicted octanol–water partition coefficient (Wildman–Crippen LogP) is -0.826. The van der Waals surface area contributed by atoms with Crippen LogP contribution in [0.2, 0.25) is 0 Å². The summed E-state index contributed by atoms with van der Waals surface area (Å²) in [7, 11) is 0. The van der Waals surface area contributed by atoms with Gasteiger partial charge in [-0.15, -0.1) is 0 Å². The van der Waals surface area contributed by atoms with Crippen molar-refractivity contribution in [1.82, 2.24) is 0 Å². The smallest absolute Gasteiger partial charge is 0.377 e. The molecule has 0 aromatic heterocycles. The molecule has 0 amide bonds. The van der Waals surface area contributed by atoms with Crippen molar-refractivity contribution in [3.8, 4) is 0 Å². The number of nitrogens with two attached hydrogens (primary N) is 3. The van der Waals surface area contributed by atoms with Gasteiger partial charge < -0.3 is 22.3 Å². The number of carbonyl (C=O) groups excluding carboxylic acids is 1. The molecule has 0 aliphatic heterocycles. The van der Waals surface area contributed by atoms with Gasteiger partial charge in [-0.2, -0.15) is 4.99 Å². The van der Waals surface area contributed by atoms with Crippen LogP contribution in [0.15, 0.2) is 34.3 Å². The highest BCUT2D eigenvalue weighted by Gasteiger charge is 2.17. The Hall–Kier alpha value is -2.90. The molecule has 94 valence electrons. The van der Waals surface area contributed by atoms with Gasteiger partial charge in [0.05, 0.1) is 11.3 Å². The van der Waals surface area contributed by atoms with Gasteiger partial charge >= 0.3 is 5.97 Å². The summed E-state index contributed by atoms with van der Waals surface area (Å²) in [5.41, 5.74) is 15.6. The Bertz CT molecular complexity index is 546. The van der Waals surface area contributed by atoms with E-state index in [2.05, 4.69) is 9.98 Å². The summed E-state index contributed by atoms with van der Waals surface area (Å²) < 4.78 is 0. The van der Waals surface area contributed by atoms with Crippen LogP contribution < -0.4 is 17.2 Å². The van der Waals surface area contributed by atoms with E-state index in [4.69, 9.17) is 22.3 Å². The van der Waals surface area contributed by atoms with E-state index in [1.165, 1.54) is 18.2 Å². The Morgan fingerprint density at radius 2 is 1.72 bits per heavy atom. The number of hydrogen-bond acceptors (Lipinski definition) is 3. The highest BCUT2D eigenvalue weighted by atomic mass is 16.4. The van der Waals surface area contributed by atoms with Gasteiger partial charge in [0.1, 0.15) is 0 Å². The third-order valence-corrected chi connectivity index (χ3v) is 1.82. The van der Waals surface area contributed by atoms with Gasteiger partial charge in [-0.1, -0.05) is 12.1 Å². The Kier molecular flexibility index (Phi) is 3.98. The molecule has 0 radical (unpaired) electrons. The lowest BCUT2D eigenvalue weighted by atomic mass is 10.1. The molecule has 18 heavy (non-hydrogen) atoms. The zero-order valence-electron chi connectivity index (χ0n) is 9.20. The average Bonchev–Trinajstić information content (AvgIpc) is 2.27. The zero-order chi connectivity index (χ0) is 13.7. The molecular weight excluding hydrogens is 238 g/mol. The van der Waals surface area contributed by atoms with Crippen molar-refractivity contribution in [2.75, 3.05) is 0 Å². The molecule has 0 heterocycles. The molecule has 1 aromatic rings. The number of Topliss-reactive ketones (excluding diaryl/α,β-unsaturated/α-hetero) is 1. The fourth-order valence-electron chi connectivity index (χ4n) is 1.16. The van der Waals surface area contributed by atoms with Crippen LogP contribution in [0.3, 0.4) is 0 Å². The molecule has 7 N–H and O–H groups in total. The lowest BCUT2D eigenvalue weighted by molar-refractivity contribution is -0.131. The van der Waals surface area contributed by atoms with Crippen molar-refractivity contribution in [3.63, 3.8) is 0 Å². The van der Waals surface area contributed by atoms with Crippen LogP contribution in [-0.4, -0.2) is 28.8 Å². The van der Waals surface area contributed by atoms with Gasteiger partial charge in [0.15, 0.2) is 5.96 Å². The number of carboxylic acids is 1. The van der Waals surface area contributed by atoms with Crippen molar-refractivity contribution in [3.05, 3.63) is 29.8 Å². The van der Waals surface area contributed by atoms with Crippen LogP contribution in [0.4, 0.5) is 5.69 Å². The molecular formula is C10H11N5O3. The summed E-state index contributed by atoms with van der Waals surface area (Å²) in [6.45, 7) is 0. The van der Waals surface area contributed by atoms with Crippen molar-refractivity contribution < 1.29 is 14.7 Å². The second kappa shape index (κ2) is 5.43. The van der Waals surface area contributed by atoms with Gasteiger partial charge in [-0.3, -0.25) is 4.79 Å². The number of para-hydroxylation sites is 1. The number of aliphatic carboxylic acids is 1. The topological polar surface area (TPSA) is 157 Å². The minimum Gasteiger partial charge on any atom is -0.475 e. The molecule has 1 rings (SSSR count). The van der Waals surface area contributed by atoms with Crippen molar-refractivity contribution in [2.45, 2.75) is 0 Å². The summed E-state index contributed by atoms with van der Waals surface area (Å²) in [6.07, 6.45) is 0. The number of ketones is 1. The number of guanidine groups is 2. The molecule has 0 unspecified atom stereocenters. The molecule has 0 spiro atoms. The van der Waals surface area contributed by atoms with E-state index in [-0.39, 0.29) is 23.2 Å². The van der Waals surface area contributed by atoms with Gasteiger partial charge in [-0.25, -0.2) is 9.79 Å². The van der Waals surface area contributed by atoms with E-state index in [1.54, 1.807) is 6.07 Å². The normalized spacial score (nSPS) is 10.8. The van der Waals surface area contributed by atoms with E-state index in [0.717, 1.165) is 0 Å². The summed E-state index contributed by atoms with van der Waals surface area (Å²) in [6, 6.07) is 5.82. The summed E-state index contributed by atoms with van der Waals surface area (Å²) in [4.78, 5) is 29.2. The maximum absolute atomic E-state index is 11.4. The SMILES string of the molecule is NC(N)=NC(N)=Nc1ccccc1C(=O)C(=O)O. The van der Waals surface area contributed by atoms with E-state index >= 15 is 0 Å². The lowest BCUT2D eigenvalue weighted by Crippen LogP contribution is -2.26. The number of carbonyl (C=O) groups is 2. The molecule has 0 aliphatic carbocycles. The van der Waals surface area contributed by atoms with Gasteiger partial charge in [0.2, 0.25) is 5.96 Å². The molecule has 0 saturated carbocycles. The minimum absolute atomic E-state index is 0.0763. The second-order valence-corrected chi connectivity index (χ2v) is 3.16. The number of carboxylic acid groups (broad SMARTS) is 1. The van der Waals surface area contributed by atoms with Crippen molar-refractivity contribution in [1.29, 1.82) is 0 Å². The first-order chi connectivity index (χ1) is 8.41. The first-order valence-electron chi connectivity index (χ1n) is 4.72. The molecule has 8 heteroatoms. The van der Waals surface area contributed by atoms with Crippen LogP contribution in [0.1, 0.15) is 10.4 Å². The third-order valence-electron chi connectivity index (χ3n) is 1.82. The van der Waals surface area contributed by atoms with Gasteiger partial charge in [0.25, 0.3) is 5.78 Å². The quantitative estimate of drug-likeness (QED) is 0.237. The lowest BCUT2D eigenvalue weighted by Gasteiger charge is -2.01. The first kappa shape index (κ1) is 13.2. The van der Waals surface area contributed by atoms with Gasteiger partial charge in [0, 0.05) is 0 Å². The number of hydrogen-bond donors (Lipinski definition) is 4. The molecule has 8 nitrogen and oxygen atoms in total. The first-order valence-corrected chi connectivity index (χ1v) is 4.72. The maximum Gasteiger partial charge on any atom is 0.377 e. The van der Waals surface area contributed by atoms with Crippen LogP contribution in [-0.2, 0) is 4.79 Å². The van der Waals surface area contributed by atoms with Crippen molar-refractivity contribution >= 4 is 29.4 Å². The number of aliphatic imine (C=N–C) groups is 2. The maximum atomic E-state index is 11.4. The number of nitrogens with zero attached hydrogens (tertiary/aromatic N) is 2. The molecule has 1 aromatic carbocycles.